The molecule has 0 bridgehead atoms. The third-order valence-electron chi connectivity index (χ3n) is 6.41. The highest BCUT2D eigenvalue weighted by molar-refractivity contribution is 5.94. The van der Waals surface area contributed by atoms with E-state index in [9.17, 15) is 9.59 Å². The highest BCUT2D eigenvalue weighted by Crippen LogP contribution is 2.25. The molecule has 0 unspecified atom stereocenters. The molecular weight excluding hydrogens is 432 g/mol. The summed E-state index contributed by atoms with van der Waals surface area (Å²) in [6.07, 6.45) is 1.96. The largest absolute Gasteiger partial charge is 0.489 e. The highest BCUT2D eigenvalue weighted by atomic mass is 16.5. The molecule has 34 heavy (non-hydrogen) atoms. The lowest BCUT2D eigenvalue weighted by Crippen LogP contribution is -2.53. The number of nitrogens with zero attached hydrogens (tertiary/aromatic N) is 2. The van der Waals surface area contributed by atoms with Crippen molar-refractivity contribution in [2.45, 2.75) is 45.8 Å². The van der Waals surface area contributed by atoms with E-state index in [-0.39, 0.29) is 24.3 Å². The number of pyridine rings is 1. The Bertz CT molecular complexity index is 1170. The Morgan fingerprint density at radius 1 is 1.18 bits per heavy atom. The molecule has 1 fully saturated rings. The number of benzene rings is 2. The summed E-state index contributed by atoms with van der Waals surface area (Å²) in [4.78, 5) is 28.9. The molecule has 1 saturated heterocycles. The first-order valence-electron chi connectivity index (χ1n) is 11.5. The molecule has 4 rings (SSSR count). The van der Waals surface area contributed by atoms with Crippen LogP contribution in [0.15, 0.2) is 54.6 Å². The molecule has 2 atom stereocenters. The summed E-state index contributed by atoms with van der Waals surface area (Å²) < 4.78 is 5.99. The van der Waals surface area contributed by atoms with Gasteiger partial charge in [0.25, 0.3) is 5.91 Å². The zero-order chi connectivity index (χ0) is 24.1. The minimum atomic E-state index is -0.407. The van der Waals surface area contributed by atoms with Crippen LogP contribution >= 0.6 is 0 Å². The van der Waals surface area contributed by atoms with Crippen LogP contribution in [0.2, 0.25) is 0 Å². The normalized spacial score (nSPS) is 18.4. The predicted molar refractivity (Wildman–Crippen MR) is 128 cm³/mol. The van der Waals surface area contributed by atoms with Crippen LogP contribution in [0.1, 0.15) is 47.8 Å². The quantitative estimate of drug-likeness (QED) is 0.365. The highest BCUT2D eigenvalue weighted by Gasteiger charge is 2.30. The van der Waals surface area contributed by atoms with Gasteiger partial charge in [0.15, 0.2) is 0 Å². The Hall–Kier alpha value is -3.49. The van der Waals surface area contributed by atoms with Crippen LogP contribution in [-0.4, -0.2) is 39.6 Å². The van der Waals surface area contributed by atoms with E-state index in [0.29, 0.717) is 24.5 Å². The summed E-state index contributed by atoms with van der Waals surface area (Å²) in [7, 11) is 0. The summed E-state index contributed by atoms with van der Waals surface area (Å²) in [5, 5.41) is 11.7. The van der Waals surface area contributed by atoms with Gasteiger partial charge in [-0.25, -0.2) is 10.5 Å². The number of carbonyl (C=O) groups excluding carboxylic acids is 2. The molecule has 1 aliphatic rings. The summed E-state index contributed by atoms with van der Waals surface area (Å²) in [6, 6.07) is 17.1. The predicted octanol–water partition coefficient (Wildman–Crippen LogP) is 3.76. The van der Waals surface area contributed by atoms with E-state index in [1.165, 1.54) is 0 Å². The lowest BCUT2D eigenvalue weighted by Gasteiger charge is -2.39. The van der Waals surface area contributed by atoms with Crippen LogP contribution in [-0.2, 0) is 11.4 Å². The van der Waals surface area contributed by atoms with Gasteiger partial charge < -0.3 is 4.74 Å². The summed E-state index contributed by atoms with van der Waals surface area (Å²) in [6.45, 7) is 5.07. The van der Waals surface area contributed by atoms with Gasteiger partial charge >= 0.3 is 0 Å². The molecule has 0 radical (unpaired) electrons. The first kappa shape index (κ1) is 23.7. The molecule has 2 amide bonds. The molecule has 2 aromatic carbocycles. The topological polar surface area (TPSA) is 104 Å². The van der Waals surface area contributed by atoms with Gasteiger partial charge in [0.2, 0.25) is 5.91 Å². The number of fused-ring (bicyclic) bond motifs is 1. The van der Waals surface area contributed by atoms with E-state index in [2.05, 4.69) is 10.4 Å². The molecule has 8 nitrogen and oxygen atoms in total. The van der Waals surface area contributed by atoms with Gasteiger partial charge in [0.1, 0.15) is 12.4 Å². The van der Waals surface area contributed by atoms with Crippen LogP contribution in [0.4, 0.5) is 0 Å². The zero-order valence-corrected chi connectivity index (χ0v) is 19.5. The second-order valence-electron chi connectivity index (χ2n) is 8.77. The number of hydrogen-bond acceptors (Lipinski definition) is 6. The fourth-order valence-electron chi connectivity index (χ4n) is 4.51. The maximum Gasteiger partial charge on any atom is 0.265 e. The first-order chi connectivity index (χ1) is 16.4. The number of ether oxygens (including phenoxy) is 1. The second kappa shape index (κ2) is 10.6. The molecule has 8 heteroatoms. The SMILES string of the molecule is Cc1cc(COc2ccc(C(=O)NN3CCC[C@H](CC(=O)NO)[C@H]3C)cc2)c2ccccc2n1. The Morgan fingerprint density at radius 3 is 2.71 bits per heavy atom. The minimum absolute atomic E-state index is 0.0174. The van der Waals surface area contributed by atoms with E-state index in [1.807, 2.05) is 49.2 Å². The number of amides is 2. The number of aryl methyl sites for hydroxylation is 1. The number of hydrogen-bond donors (Lipinski definition) is 3. The van der Waals surface area contributed by atoms with Gasteiger partial charge in [0, 0.05) is 41.2 Å². The molecule has 3 N–H and O–H groups in total. The van der Waals surface area contributed by atoms with Crippen molar-refractivity contribution in [3.63, 3.8) is 0 Å². The van der Waals surface area contributed by atoms with Crippen LogP contribution in [0.5, 0.6) is 5.75 Å². The van der Waals surface area contributed by atoms with Crippen LogP contribution < -0.4 is 15.6 Å². The number of aromatic nitrogens is 1. The maximum atomic E-state index is 12.8. The first-order valence-corrected chi connectivity index (χ1v) is 11.5. The van der Waals surface area contributed by atoms with Gasteiger partial charge in [-0.2, -0.15) is 0 Å². The Kier molecular flexibility index (Phi) is 7.40. The number of hydrazine groups is 1. The van der Waals surface area contributed by atoms with E-state index >= 15 is 0 Å². The van der Waals surface area contributed by atoms with Gasteiger partial charge in [-0.15, -0.1) is 0 Å². The van der Waals surface area contributed by atoms with E-state index in [0.717, 1.165) is 35.0 Å². The number of rotatable bonds is 7. The average molecular weight is 463 g/mol. The van der Waals surface area contributed by atoms with Crippen molar-refractivity contribution in [1.29, 1.82) is 0 Å². The smallest absolute Gasteiger partial charge is 0.265 e. The monoisotopic (exact) mass is 462 g/mol. The number of para-hydroxylation sites is 1. The molecule has 178 valence electrons. The van der Waals surface area contributed by atoms with Crippen molar-refractivity contribution in [1.82, 2.24) is 20.9 Å². The average Bonchev–Trinajstić information content (AvgIpc) is 2.85. The van der Waals surface area contributed by atoms with Crippen LogP contribution in [0.3, 0.4) is 0 Å². The van der Waals surface area contributed by atoms with Crippen molar-refractivity contribution >= 4 is 22.7 Å². The second-order valence-corrected chi connectivity index (χ2v) is 8.77. The number of hydroxylamine groups is 1. The van der Waals surface area contributed by atoms with E-state index < -0.39 is 5.91 Å². The van der Waals surface area contributed by atoms with Crippen LogP contribution in [0.25, 0.3) is 10.9 Å². The van der Waals surface area contributed by atoms with Gasteiger partial charge in [-0.05, 0) is 69.0 Å². The van der Waals surface area contributed by atoms with Gasteiger partial charge in [-0.3, -0.25) is 25.2 Å². The fourth-order valence-corrected chi connectivity index (χ4v) is 4.51. The summed E-state index contributed by atoms with van der Waals surface area (Å²) in [5.41, 5.74) is 8.13. The molecule has 0 aliphatic carbocycles. The third-order valence-corrected chi connectivity index (χ3v) is 6.41. The zero-order valence-electron chi connectivity index (χ0n) is 19.5. The summed E-state index contributed by atoms with van der Waals surface area (Å²) in [5.74, 6) is 0.123. The Morgan fingerprint density at radius 2 is 1.94 bits per heavy atom. The van der Waals surface area contributed by atoms with Gasteiger partial charge in [-0.1, -0.05) is 18.2 Å². The molecule has 0 spiro atoms. The third kappa shape index (κ3) is 5.52. The van der Waals surface area contributed by atoms with Gasteiger partial charge in [0.05, 0.1) is 5.52 Å². The molecule has 3 aromatic rings. The minimum Gasteiger partial charge on any atom is -0.489 e. The van der Waals surface area contributed by atoms with E-state index in [1.54, 1.807) is 29.7 Å². The van der Waals surface area contributed by atoms with Crippen molar-refractivity contribution in [3.05, 3.63) is 71.4 Å². The van der Waals surface area contributed by atoms with Crippen molar-refractivity contribution < 1.29 is 19.5 Å². The molecular formula is C26H30N4O4. The number of nitrogens with one attached hydrogen (secondary N) is 2. The Labute approximate surface area is 198 Å². The lowest BCUT2D eigenvalue weighted by molar-refractivity contribution is -0.131. The summed E-state index contributed by atoms with van der Waals surface area (Å²) >= 11 is 0. The standard InChI is InChI=1S/C26H30N4O4/c1-17-14-21(23-7-3-4-8-24(23)27-17)16-34-22-11-9-19(10-12-22)26(32)28-30-13-5-6-20(18(30)2)15-25(31)29-33/h3-4,7-12,14,18,20,33H,5-6,13,15-16H2,1-2H3,(H,28,32)(H,29,31)/t18-,20-/m1/s1. The number of piperidine rings is 1. The molecule has 1 aliphatic heterocycles. The fraction of sp³-hybridized carbons (Fsp3) is 0.346. The van der Waals surface area contributed by atoms with Crippen molar-refractivity contribution in [3.8, 4) is 5.75 Å². The number of carbonyl (C=O) groups is 2. The van der Waals surface area contributed by atoms with E-state index in [4.69, 9.17) is 9.94 Å². The molecule has 0 saturated carbocycles. The van der Waals surface area contributed by atoms with Crippen LogP contribution in [0, 0.1) is 12.8 Å². The molecule has 1 aromatic heterocycles. The lowest BCUT2D eigenvalue weighted by atomic mass is 9.88. The Balaban J connectivity index is 1.36. The van der Waals surface area contributed by atoms with Crippen molar-refractivity contribution in [2.24, 2.45) is 5.92 Å². The molecule has 2 heterocycles. The maximum absolute atomic E-state index is 12.8. The van der Waals surface area contributed by atoms with Crippen molar-refractivity contribution in [2.75, 3.05) is 6.54 Å².